The molecule has 0 unspecified atom stereocenters. The molecule has 1 heterocycles. The summed E-state index contributed by atoms with van der Waals surface area (Å²) in [7, 11) is 4.69. The Kier molecular flexibility index (Phi) is 9.58. The Bertz CT molecular complexity index is 1180. The summed E-state index contributed by atoms with van der Waals surface area (Å²) in [4.78, 5) is 25.2. The average Bonchev–Trinajstić information content (AvgIpc) is 2.87. The molecule has 188 valence electrons. The summed E-state index contributed by atoms with van der Waals surface area (Å²) in [6.45, 7) is 2.24. The Morgan fingerprint density at radius 1 is 0.857 bits per heavy atom. The van der Waals surface area contributed by atoms with E-state index in [1.807, 2.05) is 31.2 Å². The van der Waals surface area contributed by atoms with Crippen molar-refractivity contribution in [3.05, 3.63) is 52.4 Å². The molecule has 0 fully saturated rings. The summed E-state index contributed by atoms with van der Waals surface area (Å²) in [5, 5.41) is 0.391. The molecule has 35 heavy (non-hydrogen) atoms. The Morgan fingerprint density at radius 2 is 1.54 bits per heavy atom. The molecule has 3 rings (SSSR count). The van der Waals surface area contributed by atoms with Gasteiger partial charge in [-0.05, 0) is 37.5 Å². The topological polar surface area (TPSA) is 84.2 Å². The highest BCUT2D eigenvalue weighted by atomic mass is 16.5. The zero-order valence-corrected chi connectivity index (χ0v) is 21.0. The number of aryl methyl sites for hydroxylation is 1. The van der Waals surface area contributed by atoms with Gasteiger partial charge >= 0.3 is 5.97 Å². The molecule has 3 aromatic rings. The van der Waals surface area contributed by atoms with Crippen molar-refractivity contribution in [2.24, 2.45) is 0 Å². The van der Waals surface area contributed by atoms with E-state index < -0.39 is 0 Å². The maximum atomic E-state index is 13.7. The van der Waals surface area contributed by atoms with Crippen LogP contribution >= 0.6 is 0 Å². The molecule has 0 aliphatic heterocycles. The van der Waals surface area contributed by atoms with Crippen LogP contribution in [0.15, 0.2) is 45.6 Å². The van der Waals surface area contributed by atoms with Gasteiger partial charge in [0.2, 0.25) is 5.43 Å². The Hall–Kier alpha value is -3.48. The van der Waals surface area contributed by atoms with Crippen molar-refractivity contribution in [1.82, 2.24) is 0 Å². The molecule has 1 aromatic heterocycles. The van der Waals surface area contributed by atoms with E-state index in [0.29, 0.717) is 59.0 Å². The second kappa shape index (κ2) is 12.8. The molecular formula is C28H34O7. The van der Waals surface area contributed by atoms with Crippen LogP contribution in [0.4, 0.5) is 0 Å². The standard InChI is InChI=1S/C28H34O7/c1-5-34-25(29)12-10-8-6-7-9-11-22-26(19-13-15-20(31-2)16-14-19)28(30)27-23(33-4)17-21(32-3)18-24(27)35-22/h13-18H,5-12H2,1-4H3. The van der Waals surface area contributed by atoms with E-state index in [2.05, 4.69) is 0 Å². The van der Waals surface area contributed by atoms with E-state index in [1.54, 1.807) is 26.4 Å². The summed E-state index contributed by atoms with van der Waals surface area (Å²) in [6, 6.07) is 10.8. The smallest absolute Gasteiger partial charge is 0.305 e. The van der Waals surface area contributed by atoms with Gasteiger partial charge in [-0.1, -0.05) is 31.4 Å². The van der Waals surface area contributed by atoms with Gasteiger partial charge in [0.1, 0.15) is 34.0 Å². The van der Waals surface area contributed by atoms with Crippen LogP contribution in [-0.4, -0.2) is 33.9 Å². The number of fused-ring (bicyclic) bond motifs is 1. The van der Waals surface area contributed by atoms with Gasteiger partial charge in [-0.3, -0.25) is 9.59 Å². The van der Waals surface area contributed by atoms with Gasteiger partial charge in [-0.2, -0.15) is 0 Å². The highest BCUT2D eigenvalue weighted by Crippen LogP contribution is 2.34. The van der Waals surface area contributed by atoms with Gasteiger partial charge in [0, 0.05) is 25.0 Å². The fraction of sp³-hybridized carbons (Fsp3) is 0.429. The van der Waals surface area contributed by atoms with Gasteiger partial charge in [-0.15, -0.1) is 0 Å². The lowest BCUT2D eigenvalue weighted by Crippen LogP contribution is -2.11. The molecule has 0 aliphatic carbocycles. The van der Waals surface area contributed by atoms with Crippen molar-refractivity contribution < 1.29 is 28.2 Å². The molecule has 2 aromatic carbocycles. The quantitative estimate of drug-likeness (QED) is 0.220. The summed E-state index contributed by atoms with van der Waals surface area (Å²) < 4.78 is 27.4. The van der Waals surface area contributed by atoms with Crippen LogP contribution in [0.5, 0.6) is 17.2 Å². The van der Waals surface area contributed by atoms with Gasteiger partial charge in [0.25, 0.3) is 0 Å². The second-order valence-corrected chi connectivity index (χ2v) is 8.23. The molecule has 0 aliphatic rings. The molecule has 0 amide bonds. The molecule has 0 saturated heterocycles. The predicted molar refractivity (Wildman–Crippen MR) is 136 cm³/mol. The van der Waals surface area contributed by atoms with Crippen LogP contribution in [0.1, 0.15) is 51.2 Å². The van der Waals surface area contributed by atoms with Gasteiger partial charge < -0.3 is 23.4 Å². The van der Waals surface area contributed by atoms with Crippen molar-refractivity contribution in [3.8, 4) is 28.4 Å². The summed E-state index contributed by atoms with van der Waals surface area (Å²) >= 11 is 0. The van der Waals surface area contributed by atoms with E-state index in [9.17, 15) is 9.59 Å². The maximum Gasteiger partial charge on any atom is 0.305 e. The molecule has 0 saturated carbocycles. The van der Waals surface area contributed by atoms with Crippen LogP contribution < -0.4 is 19.6 Å². The molecule has 0 bridgehead atoms. The van der Waals surface area contributed by atoms with Gasteiger partial charge in [0.05, 0.1) is 33.5 Å². The number of hydrogen-bond acceptors (Lipinski definition) is 7. The van der Waals surface area contributed by atoms with Crippen LogP contribution in [-0.2, 0) is 16.0 Å². The van der Waals surface area contributed by atoms with Crippen molar-refractivity contribution >= 4 is 16.9 Å². The number of ether oxygens (including phenoxy) is 4. The van der Waals surface area contributed by atoms with Crippen molar-refractivity contribution in [2.45, 2.75) is 51.9 Å². The normalized spacial score (nSPS) is 10.9. The molecule has 0 radical (unpaired) electrons. The molecule has 7 heteroatoms. The third kappa shape index (κ3) is 6.56. The first-order chi connectivity index (χ1) is 17.0. The summed E-state index contributed by atoms with van der Waals surface area (Å²) in [6.07, 6.45) is 5.67. The SMILES string of the molecule is CCOC(=O)CCCCCCCc1oc2cc(OC)cc(OC)c2c(=O)c1-c1ccc(OC)cc1. The lowest BCUT2D eigenvalue weighted by Gasteiger charge is -2.14. The average molecular weight is 483 g/mol. The summed E-state index contributed by atoms with van der Waals surface area (Å²) in [5.41, 5.74) is 1.60. The third-order valence-corrected chi connectivity index (χ3v) is 5.93. The maximum absolute atomic E-state index is 13.7. The van der Waals surface area contributed by atoms with E-state index in [4.69, 9.17) is 23.4 Å². The minimum atomic E-state index is -0.139. The van der Waals surface area contributed by atoms with Crippen LogP contribution in [0.3, 0.4) is 0 Å². The van der Waals surface area contributed by atoms with E-state index in [0.717, 1.165) is 37.7 Å². The lowest BCUT2D eigenvalue weighted by molar-refractivity contribution is -0.143. The minimum absolute atomic E-state index is 0.138. The Morgan fingerprint density at radius 3 is 2.20 bits per heavy atom. The largest absolute Gasteiger partial charge is 0.497 e. The number of rotatable bonds is 13. The van der Waals surface area contributed by atoms with Crippen LogP contribution in [0.2, 0.25) is 0 Å². The Labute approximate surface area is 205 Å². The first-order valence-corrected chi connectivity index (χ1v) is 12.0. The molecule has 0 spiro atoms. The predicted octanol–water partition coefficient (Wildman–Crippen LogP) is 5.93. The zero-order valence-electron chi connectivity index (χ0n) is 21.0. The summed E-state index contributed by atoms with van der Waals surface area (Å²) in [5.74, 6) is 2.18. The number of methoxy groups -OCH3 is 3. The minimum Gasteiger partial charge on any atom is -0.497 e. The number of carbonyl (C=O) groups excluding carboxylic acids is 1. The van der Waals surface area contributed by atoms with Gasteiger partial charge in [-0.25, -0.2) is 0 Å². The van der Waals surface area contributed by atoms with Crippen LogP contribution in [0, 0.1) is 0 Å². The first kappa shape index (κ1) is 26.1. The highest BCUT2D eigenvalue weighted by molar-refractivity contribution is 5.89. The number of unbranched alkanes of at least 4 members (excludes halogenated alkanes) is 4. The van der Waals surface area contributed by atoms with Crippen molar-refractivity contribution in [3.63, 3.8) is 0 Å². The van der Waals surface area contributed by atoms with Gasteiger partial charge in [0.15, 0.2) is 0 Å². The number of hydrogen-bond donors (Lipinski definition) is 0. The fourth-order valence-electron chi connectivity index (χ4n) is 4.13. The second-order valence-electron chi connectivity index (χ2n) is 8.23. The molecule has 0 N–H and O–H groups in total. The third-order valence-electron chi connectivity index (χ3n) is 5.93. The lowest BCUT2D eigenvalue weighted by atomic mass is 9.98. The fourth-order valence-corrected chi connectivity index (χ4v) is 4.13. The van der Waals surface area contributed by atoms with E-state index in [1.165, 1.54) is 7.11 Å². The first-order valence-electron chi connectivity index (χ1n) is 12.0. The highest BCUT2D eigenvalue weighted by Gasteiger charge is 2.20. The number of carbonyl (C=O) groups is 1. The zero-order chi connectivity index (χ0) is 25.2. The monoisotopic (exact) mass is 482 g/mol. The number of esters is 1. The number of benzene rings is 2. The van der Waals surface area contributed by atoms with E-state index >= 15 is 0 Å². The molecule has 0 atom stereocenters. The van der Waals surface area contributed by atoms with Crippen molar-refractivity contribution in [2.75, 3.05) is 27.9 Å². The van der Waals surface area contributed by atoms with Crippen molar-refractivity contribution in [1.29, 1.82) is 0 Å². The van der Waals surface area contributed by atoms with Crippen LogP contribution in [0.25, 0.3) is 22.1 Å². The molecular weight excluding hydrogens is 448 g/mol. The Balaban J connectivity index is 1.85. The molecule has 7 nitrogen and oxygen atoms in total. The van der Waals surface area contributed by atoms with E-state index in [-0.39, 0.29) is 11.4 Å².